The molecular formula is C12H18N6. The van der Waals surface area contributed by atoms with Gasteiger partial charge in [0.05, 0.1) is 6.04 Å². The first-order valence-electron chi connectivity index (χ1n) is 6.08. The Kier molecular flexibility index (Phi) is 4.38. The molecule has 0 bridgehead atoms. The minimum atomic E-state index is -0.00138. The molecule has 0 amide bonds. The molecule has 0 aromatic carbocycles. The average Bonchev–Trinajstić information content (AvgIpc) is 2.85. The van der Waals surface area contributed by atoms with Gasteiger partial charge < -0.3 is 0 Å². The highest BCUT2D eigenvalue weighted by molar-refractivity contribution is 5.15. The number of aryl methyl sites for hydroxylation is 1. The molecule has 0 aliphatic carbocycles. The van der Waals surface area contributed by atoms with E-state index in [0.29, 0.717) is 6.42 Å². The minimum Gasteiger partial charge on any atom is -0.271 e. The van der Waals surface area contributed by atoms with Gasteiger partial charge in [0.25, 0.3) is 0 Å². The molecule has 2 rings (SSSR count). The van der Waals surface area contributed by atoms with Gasteiger partial charge >= 0.3 is 0 Å². The van der Waals surface area contributed by atoms with E-state index in [4.69, 9.17) is 5.84 Å². The fourth-order valence-electron chi connectivity index (χ4n) is 1.88. The third-order valence-electron chi connectivity index (χ3n) is 2.81. The second kappa shape index (κ2) is 6.23. The van der Waals surface area contributed by atoms with Crippen LogP contribution in [0.1, 0.15) is 30.8 Å². The van der Waals surface area contributed by atoms with Crippen LogP contribution in [0.15, 0.2) is 30.9 Å². The molecule has 0 spiro atoms. The lowest BCUT2D eigenvalue weighted by Gasteiger charge is -2.15. The predicted molar refractivity (Wildman–Crippen MR) is 68.3 cm³/mol. The van der Waals surface area contributed by atoms with Crippen LogP contribution in [0.5, 0.6) is 0 Å². The zero-order valence-electron chi connectivity index (χ0n) is 10.5. The first kappa shape index (κ1) is 12.7. The van der Waals surface area contributed by atoms with Gasteiger partial charge in [-0.3, -0.25) is 20.9 Å². The van der Waals surface area contributed by atoms with Gasteiger partial charge in [0.15, 0.2) is 0 Å². The number of nitrogens with zero attached hydrogens (tertiary/aromatic N) is 4. The van der Waals surface area contributed by atoms with Crippen molar-refractivity contribution in [2.45, 2.75) is 32.4 Å². The number of nitrogens with two attached hydrogens (primary N) is 1. The zero-order chi connectivity index (χ0) is 12.8. The standard InChI is InChI=1S/C12H18N6/c1-2-6-18-12(15-9-16-18)7-11(17-13)10-4-3-5-14-8-10/h3-5,8-9,11,17H,2,6-7,13H2,1H3. The maximum atomic E-state index is 5.61. The van der Waals surface area contributed by atoms with Crippen molar-refractivity contribution in [2.24, 2.45) is 5.84 Å². The zero-order valence-corrected chi connectivity index (χ0v) is 10.5. The molecule has 0 fully saturated rings. The van der Waals surface area contributed by atoms with E-state index < -0.39 is 0 Å². The molecule has 6 heteroatoms. The van der Waals surface area contributed by atoms with E-state index in [9.17, 15) is 0 Å². The number of nitrogens with one attached hydrogen (secondary N) is 1. The summed E-state index contributed by atoms with van der Waals surface area (Å²) in [5, 5.41) is 4.21. The third-order valence-corrected chi connectivity index (χ3v) is 2.81. The van der Waals surface area contributed by atoms with Crippen molar-refractivity contribution in [3.63, 3.8) is 0 Å². The molecule has 6 nitrogen and oxygen atoms in total. The van der Waals surface area contributed by atoms with E-state index in [1.54, 1.807) is 12.5 Å². The summed E-state index contributed by atoms with van der Waals surface area (Å²) in [7, 11) is 0. The van der Waals surface area contributed by atoms with E-state index in [1.807, 2.05) is 23.0 Å². The molecule has 0 saturated heterocycles. The Morgan fingerprint density at radius 2 is 2.39 bits per heavy atom. The molecule has 0 aliphatic heterocycles. The van der Waals surface area contributed by atoms with Gasteiger partial charge in [-0.2, -0.15) is 5.10 Å². The SMILES string of the molecule is CCCn1ncnc1CC(NN)c1cccnc1. The van der Waals surface area contributed by atoms with Gasteiger partial charge in [-0.1, -0.05) is 13.0 Å². The third kappa shape index (κ3) is 2.91. The molecule has 0 aliphatic rings. The topological polar surface area (TPSA) is 81.7 Å². The molecule has 2 aromatic heterocycles. The van der Waals surface area contributed by atoms with E-state index in [2.05, 4.69) is 27.4 Å². The van der Waals surface area contributed by atoms with E-state index in [-0.39, 0.29) is 6.04 Å². The average molecular weight is 246 g/mol. The van der Waals surface area contributed by atoms with Gasteiger partial charge in [0, 0.05) is 25.4 Å². The first-order chi connectivity index (χ1) is 8.85. The van der Waals surface area contributed by atoms with Crippen molar-refractivity contribution in [1.29, 1.82) is 0 Å². The van der Waals surface area contributed by atoms with Crippen molar-refractivity contribution >= 4 is 0 Å². The van der Waals surface area contributed by atoms with Crippen LogP contribution in [0.4, 0.5) is 0 Å². The molecule has 0 radical (unpaired) electrons. The lowest BCUT2D eigenvalue weighted by atomic mass is 10.1. The summed E-state index contributed by atoms with van der Waals surface area (Å²) in [5.74, 6) is 6.54. The quantitative estimate of drug-likeness (QED) is 0.583. The van der Waals surface area contributed by atoms with E-state index in [1.165, 1.54) is 0 Å². The summed E-state index contributed by atoms with van der Waals surface area (Å²) in [6, 6.07) is 3.90. The normalized spacial score (nSPS) is 12.6. The van der Waals surface area contributed by atoms with E-state index >= 15 is 0 Å². The Morgan fingerprint density at radius 3 is 3.06 bits per heavy atom. The number of pyridine rings is 1. The smallest absolute Gasteiger partial charge is 0.138 e. The minimum absolute atomic E-state index is 0.00138. The van der Waals surface area contributed by atoms with Crippen LogP contribution >= 0.6 is 0 Å². The maximum Gasteiger partial charge on any atom is 0.138 e. The van der Waals surface area contributed by atoms with Crippen LogP contribution in [0.2, 0.25) is 0 Å². The summed E-state index contributed by atoms with van der Waals surface area (Å²) in [4.78, 5) is 8.39. The van der Waals surface area contributed by atoms with Gasteiger partial charge in [-0.05, 0) is 18.1 Å². The highest BCUT2D eigenvalue weighted by Crippen LogP contribution is 2.15. The van der Waals surface area contributed by atoms with Crippen LogP contribution in [0.3, 0.4) is 0 Å². The fourth-order valence-corrected chi connectivity index (χ4v) is 1.88. The van der Waals surface area contributed by atoms with Crippen LogP contribution in [-0.2, 0) is 13.0 Å². The highest BCUT2D eigenvalue weighted by atomic mass is 15.3. The molecule has 0 saturated carbocycles. The number of hydrogen-bond donors (Lipinski definition) is 2. The molecule has 1 unspecified atom stereocenters. The van der Waals surface area contributed by atoms with Crippen molar-refractivity contribution in [2.75, 3.05) is 0 Å². The van der Waals surface area contributed by atoms with Crippen molar-refractivity contribution in [1.82, 2.24) is 25.2 Å². The van der Waals surface area contributed by atoms with Crippen LogP contribution < -0.4 is 11.3 Å². The first-order valence-corrected chi connectivity index (χ1v) is 6.08. The lowest BCUT2D eigenvalue weighted by Crippen LogP contribution is -2.30. The molecule has 2 heterocycles. The molecule has 2 aromatic rings. The summed E-state index contributed by atoms with van der Waals surface area (Å²) >= 11 is 0. The van der Waals surface area contributed by atoms with Crippen molar-refractivity contribution < 1.29 is 0 Å². The summed E-state index contributed by atoms with van der Waals surface area (Å²) in [5.41, 5.74) is 3.85. The highest BCUT2D eigenvalue weighted by Gasteiger charge is 2.14. The predicted octanol–water partition coefficient (Wildman–Crippen LogP) is 0.830. The van der Waals surface area contributed by atoms with Gasteiger partial charge in [-0.25, -0.2) is 4.98 Å². The van der Waals surface area contributed by atoms with Crippen LogP contribution in [-0.4, -0.2) is 19.7 Å². The van der Waals surface area contributed by atoms with Crippen LogP contribution in [0.25, 0.3) is 0 Å². The van der Waals surface area contributed by atoms with Crippen molar-refractivity contribution in [3.05, 3.63) is 42.2 Å². The van der Waals surface area contributed by atoms with Gasteiger partial charge in [-0.15, -0.1) is 0 Å². The number of hydrazine groups is 1. The summed E-state index contributed by atoms with van der Waals surface area (Å²) in [6.07, 6.45) is 6.87. The largest absolute Gasteiger partial charge is 0.271 e. The molecule has 3 N–H and O–H groups in total. The Morgan fingerprint density at radius 1 is 1.50 bits per heavy atom. The summed E-state index contributed by atoms with van der Waals surface area (Å²) < 4.78 is 1.92. The Bertz CT molecular complexity index is 466. The number of hydrogen-bond acceptors (Lipinski definition) is 5. The molecule has 1 atom stereocenters. The molecular weight excluding hydrogens is 228 g/mol. The van der Waals surface area contributed by atoms with Crippen LogP contribution in [0, 0.1) is 0 Å². The second-order valence-corrected chi connectivity index (χ2v) is 4.11. The Hall–Kier alpha value is -1.79. The Balaban J connectivity index is 2.13. The van der Waals surface area contributed by atoms with Gasteiger partial charge in [0.1, 0.15) is 12.2 Å². The van der Waals surface area contributed by atoms with Gasteiger partial charge in [0.2, 0.25) is 0 Å². The Labute approximate surface area is 106 Å². The maximum absolute atomic E-state index is 5.61. The van der Waals surface area contributed by atoms with Crippen molar-refractivity contribution in [3.8, 4) is 0 Å². The second-order valence-electron chi connectivity index (χ2n) is 4.11. The summed E-state index contributed by atoms with van der Waals surface area (Å²) in [6.45, 7) is 2.99. The number of aromatic nitrogens is 4. The number of rotatable bonds is 6. The fraction of sp³-hybridized carbons (Fsp3) is 0.417. The molecule has 96 valence electrons. The molecule has 18 heavy (non-hydrogen) atoms. The lowest BCUT2D eigenvalue weighted by molar-refractivity contribution is 0.498. The monoisotopic (exact) mass is 246 g/mol. The van der Waals surface area contributed by atoms with E-state index in [0.717, 1.165) is 24.4 Å².